The Bertz CT molecular complexity index is 62.4. The molecule has 0 nitrogen and oxygen atoms in total. The minimum Gasteiger partial charge on any atom is -0.0120 e. The van der Waals surface area contributed by atoms with Crippen molar-refractivity contribution in [3.05, 3.63) is 0 Å². The Kier molecular flexibility index (Phi) is 6.79. The minimum absolute atomic E-state index is 0.0377. The summed E-state index contributed by atoms with van der Waals surface area (Å²) in [6.07, 6.45) is 0.0377. The second-order valence-corrected chi connectivity index (χ2v) is 97.8. The molecule has 0 aliphatic heterocycles. The normalized spacial score (nSPS) is 24.0. The highest BCUT2D eigenvalue weighted by Gasteiger charge is 2.16. The molecule has 0 bridgehead atoms. The smallest absolute Gasteiger partial charge is 0.00585 e. The third-order valence-corrected chi connectivity index (χ3v) is 175. The van der Waals surface area contributed by atoms with E-state index in [4.69, 9.17) is 0 Å². The fourth-order valence-corrected chi connectivity index (χ4v) is 202. The average molecular weight is 273 g/mol. The molecular weight excluding hydrogens is 253 g/mol. The Morgan fingerprint density at radius 1 is 1.11 bits per heavy atom. The van der Waals surface area contributed by atoms with Gasteiger partial charge < -0.3 is 0 Å². The zero-order chi connectivity index (χ0) is 7.33. The van der Waals surface area contributed by atoms with Crippen molar-refractivity contribution in [2.75, 3.05) is 0 Å². The molecule has 0 aromatic heterocycles. The van der Waals surface area contributed by atoms with Gasteiger partial charge in [0.2, 0.25) is 0 Å². The summed E-state index contributed by atoms with van der Waals surface area (Å²) in [6.45, 7) is 0. The topological polar surface area (TPSA) is 0 Å². The number of rotatable bonds is 4. The summed E-state index contributed by atoms with van der Waals surface area (Å²) in [4.78, 5) is 0. The summed E-state index contributed by atoms with van der Waals surface area (Å²) in [7, 11) is 10.2. The molecule has 0 rings (SSSR count). The molecule has 0 aromatic carbocycles. The molecular formula is H20Si9. The van der Waals surface area contributed by atoms with Gasteiger partial charge in [-0.25, -0.2) is 0 Å². The van der Waals surface area contributed by atoms with Crippen LogP contribution in [0, 0.1) is 0 Å². The van der Waals surface area contributed by atoms with Crippen LogP contribution in [-0.2, 0) is 0 Å². The van der Waals surface area contributed by atoms with E-state index in [-0.39, 0.29) is 6.14 Å². The third-order valence-electron chi connectivity index (χ3n) is 2.16. The van der Waals surface area contributed by atoms with Crippen molar-refractivity contribution >= 4 is 79.4 Å². The lowest BCUT2D eigenvalue weighted by Gasteiger charge is -2.17. The van der Waals surface area contributed by atoms with Crippen molar-refractivity contribution in [3.63, 3.8) is 0 Å². The molecule has 0 atom stereocenters. The van der Waals surface area contributed by atoms with Crippen molar-refractivity contribution in [2.45, 2.75) is 0 Å². The van der Waals surface area contributed by atoms with Crippen molar-refractivity contribution < 1.29 is 0 Å². The van der Waals surface area contributed by atoms with Crippen molar-refractivity contribution in [3.8, 4) is 0 Å². The number of hydrogen-bond acceptors (Lipinski definition) is 0. The van der Waals surface area contributed by atoms with Gasteiger partial charge >= 0.3 is 0 Å². The van der Waals surface area contributed by atoms with Crippen molar-refractivity contribution in [1.82, 2.24) is 0 Å². The largest absolute Gasteiger partial charge is 0.0120 e. The molecule has 0 N–H and O–H groups in total. The zero-order valence-corrected chi connectivity index (χ0v) is 22.0. The highest BCUT2D eigenvalue weighted by Crippen LogP contribution is 1.79. The van der Waals surface area contributed by atoms with E-state index in [1.54, 1.807) is 39.0 Å². The van der Waals surface area contributed by atoms with Gasteiger partial charge in [0.05, 0.1) is 0 Å². The maximum atomic E-state index is 1.79. The molecule has 0 saturated carbocycles. The lowest BCUT2D eigenvalue weighted by molar-refractivity contribution is 3.59. The maximum Gasteiger partial charge on any atom is -0.00585 e. The van der Waals surface area contributed by atoms with Gasteiger partial charge in [-0.3, -0.25) is 0 Å². The Morgan fingerprint density at radius 2 is 1.67 bits per heavy atom. The molecule has 0 heterocycles. The minimum atomic E-state index is 0.0377. The van der Waals surface area contributed by atoms with E-state index >= 15 is 0 Å². The molecule has 0 aliphatic carbocycles. The van der Waals surface area contributed by atoms with Gasteiger partial charge in [0, 0.05) is 0 Å². The first-order chi connectivity index (χ1) is 4.12. The molecule has 0 fully saturated rings. The Labute approximate surface area is 79.0 Å². The van der Waals surface area contributed by atoms with E-state index in [2.05, 4.69) is 0 Å². The molecule has 0 spiro atoms. The molecule has 56 valence electrons. The summed E-state index contributed by atoms with van der Waals surface area (Å²) in [6, 6.07) is 0. The zero-order valence-electron chi connectivity index (χ0n) is 7.33. The second-order valence-electron chi connectivity index (χ2n) is 3.62. The van der Waals surface area contributed by atoms with E-state index in [9.17, 15) is 0 Å². The SMILES string of the molecule is [SiH3][SiH2][SiH2][SiH2][Si]([SiH3])([SiH3])[SiH2][SiH3]. The van der Waals surface area contributed by atoms with Gasteiger partial charge in [-0.2, -0.15) is 0 Å². The van der Waals surface area contributed by atoms with Crippen LogP contribution < -0.4 is 0 Å². The van der Waals surface area contributed by atoms with Crippen LogP contribution in [0.5, 0.6) is 0 Å². The Balaban J connectivity index is 3.33. The van der Waals surface area contributed by atoms with Gasteiger partial charge in [0.25, 0.3) is 0 Å². The van der Waals surface area contributed by atoms with E-state index in [1.165, 1.54) is 0 Å². The molecule has 0 amide bonds. The first kappa shape index (κ1) is 11.0. The summed E-state index contributed by atoms with van der Waals surface area (Å²) in [5.41, 5.74) is 0. The highest BCUT2D eigenvalue weighted by atomic mass is 30.3. The number of hydrogen-bond donors (Lipinski definition) is 0. The summed E-state index contributed by atoms with van der Waals surface area (Å²) >= 11 is 0. The van der Waals surface area contributed by atoms with Gasteiger partial charge in [0.1, 0.15) is 0 Å². The first-order valence-corrected chi connectivity index (χ1v) is 37.1. The van der Waals surface area contributed by atoms with Crippen molar-refractivity contribution in [2.24, 2.45) is 0 Å². The lowest BCUT2D eigenvalue weighted by Crippen LogP contribution is -2.54. The quantitative estimate of drug-likeness (QED) is 0.446. The van der Waals surface area contributed by atoms with E-state index < -0.39 is 0 Å². The monoisotopic (exact) mass is 272 g/mol. The highest BCUT2D eigenvalue weighted by molar-refractivity contribution is 7.92. The molecule has 9 heteroatoms. The van der Waals surface area contributed by atoms with Crippen LogP contribution in [0.4, 0.5) is 0 Å². The second kappa shape index (κ2) is 5.58. The predicted molar refractivity (Wildman–Crippen MR) is 79.7 cm³/mol. The Morgan fingerprint density at radius 3 is 2.00 bits per heavy atom. The third kappa shape index (κ3) is 6.35. The molecule has 0 radical (unpaired) electrons. The molecule has 0 unspecified atom stereocenters. The fourth-order valence-electron chi connectivity index (χ4n) is 0.832. The van der Waals surface area contributed by atoms with E-state index in [0.29, 0.717) is 0 Å². The molecule has 9 heavy (non-hydrogen) atoms. The van der Waals surface area contributed by atoms with Gasteiger partial charge in [-0.1, -0.05) is 0 Å². The van der Waals surface area contributed by atoms with E-state index in [0.717, 1.165) is 34.2 Å². The van der Waals surface area contributed by atoms with E-state index in [1.807, 2.05) is 0 Å². The molecule has 0 aliphatic rings. The summed E-state index contributed by atoms with van der Waals surface area (Å²) in [5.74, 6) is 0. The van der Waals surface area contributed by atoms with Crippen molar-refractivity contribution in [1.29, 1.82) is 0 Å². The van der Waals surface area contributed by atoms with Crippen LogP contribution in [0.15, 0.2) is 0 Å². The van der Waals surface area contributed by atoms with Gasteiger partial charge in [-0.05, 0) is 79.4 Å². The average Bonchev–Trinajstić information content (AvgIpc) is 1.84. The van der Waals surface area contributed by atoms with Crippen LogP contribution in [0.2, 0.25) is 0 Å². The van der Waals surface area contributed by atoms with Gasteiger partial charge in [-0.15, -0.1) is 0 Å². The summed E-state index contributed by atoms with van der Waals surface area (Å²) < 4.78 is 0. The van der Waals surface area contributed by atoms with Crippen LogP contribution in [0.3, 0.4) is 0 Å². The van der Waals surface area contributed by atoms with Crippen LogP contribution in [0.25, 0.3) is 0 Å². The fraction of sp³-hybridized carbons (Fsp3) is 0. The molecule has 0 aromatic rings. The lowest BCUT2D eigenvalue weighted by atomic mass is 25.9. The Hall–Kier alpha value is 1.95. The van der Waals surface area contributed by atoms with Crippen LogP contribution in [-0.4, -0.2) is 79.4 Å². The standard InChI is InChI=1S/H20Si9/c1-5-7-8-9(3,4)6-2/h5-8H2,1-4H3. The first-order valence-electron chi connectivity index (χ1n) is 4.12. The summed E-state index contributed by atoms with van der Waals surface area (Å²) in [5, 5.41) is 0. The van der Waals surface area contributed by atoms with Crippen LogP contribution >= 0.6 is 0 Å². The van der Waals surface area contributed by atoms with Gasteiger partial charge in [0.15, 0.2) is 0 Å². The van der Waals surface area contributed by atoms with Crippen LogP contribution in [0.1, 0.15) is 0 Å². The molecule has 0 saturated heterocycles. The maximum absolute atomic E-state index is 1.79. The predicted octanol–water partition coefficient (Wildman–Crippen LogP) is -8.78.